The van der Waals surface area contributed by atoms with E-state index in [1.807, 2.05) is 4.90 Å². The number of nitrogens with zero attached hydrogens (tertiary/aromatic N) is 1. The van der Waals surface area contributed by atoms with Gasteiger partial charge in [0.15, 0.2) is 0 Å². The topological polar surface area (TPSA) is 84.7 Å². The largest absolute Gasteiger partial charge is 0.383 e. The highest BCUT2D eigenvalue weighted by molar-refractivity contribution is 5.82. The number of methoxy groups -OCH3 is 1. The number of amides is 2. The van der Waals surface area contributed by atoms with Crippen LogP contribution in [0.2, 0.25) is 0 Å². The van der Waals surface area contributed by atoms with E-state index in [1.165, 1.54) is 7.11 Å². The number of hydrogen-bond acceptors (Lipinski definition) is 4. The molecule has 6 heteroatoms. The second kappa shape index (κ2) is 5.67. The number of carbonyl (C=O) groups is 2. The molecule has 0 aliphatic carbocycles. The fourth-order valence-corrected chi connectivity index (χ4v) is 2.80. The highest BCUT2D eigenvalue weighted by atomic mass is 16.5. The first-order chi connectivity index (χ1) is 8.61. The molecule has 3 N–H and O–H groups in total. The normalized spacial score (nSPS) is 29.4. The average Bonchev–Trinajstić information content (AvgIpc) is 2.37. The smallest absolute Gasteiger partial charge is 0.241 e. The summed E-state index contributed by atoms with van der Waals surface area (Å²) in [7, 11) is 1.54. The molecule has 0 radical (unpaired) electrons. The second-order valence-corrected chi connectivity index (χ2v) is 5.11. The minimum Gasteiger partial charge on any atom is -0.383 e. The van der Waals surface area contributed by atoms with Crippen LogP contribution in [0, 0.1) is 5.92 Å². The quantitative estimate of drug-likeness (QED) is 0.683. The van der Waals surface area contributed by atoms with E-state index in [2.05, 4.69) is 5.32 Å². The molecule has 0 aromatic heterocycles. The maximum Gasteiger partial charge on any atom is 0.241 e. The minimum absolute atomic E-state index is 0.0489. The third-order valence-electron chi connectivity index (χ3n) is 3.80. The summed E-state index contributed by atoms with van der Waals surface area (Å²) in [6.07, 6.45) is 2.25. The van der Waals surface area contributed by atoms with Gasteiger partial charge in [0.1, 0.15) is 6.04 Å². The van der Waals surface area contributed by atoms with Crippen molar-refractivity contribution in [2.75, 3.05) is 26.8 Å². The van der Waals surface area contributed by atoms with Gasteiger partial charge in [-0.25, -0.2) is 0 Å². The SMILES string of the molecule is COCC(N)C(=O)N1CCC2NC(=O)CCC2C1. The van der Waals surface area contributed by atoms with Gasteiger partial charge in [0.05, 0.1) is 6.61 Å². The summed E-state index contributed by atoms with van der Waals surface area (Å²) >= 11 is 0. The van der Waals surface area contributed by atoms with Crippen molar-refractivity contribution in [2.24, 2.45) is 11.7 Å². The molecule has 0 spiro atoms. The van der Waals surface area contributed by atoms with Gasteiger partial charge in [-0.2, -0.15) is 0 Å². The Morgan fingerprint density at radius 3 is 3.11 bits per heavy atom. The highest BCUT2D eigenvalue weighted by Crippen LogP contribution is 2.25. The molecule has 2 amide bonds. The molecule has 2 saturated heterocycles. The third-order valence-corrected chi connectivity index (χ3v) is 3.80. The van der Waals surface area contributed by atoms with Crippen LogP contribution >= 0.6 is 0 Å². The van der Waals surface area contributed by atoms with Gasteiger partial charge in [-0.15, -0.1) is 0 Å². The summed E-state index contributed by atoms with van der Waals surface area (Å²) in [6.45, 7) is 1.61. The molecule has 0 bridgehead atoms. The van der Waals surface area contributed by atoms with Gasteiger partial charge in [0.25, 0.3) is 0 Å². The Morgan fingerprint density at radius 1 is 1.61 bits per heavy atom. The van der Waals surface area contributed by atoms with Crippen LogP contribution in [0.1, 0.15) is 19.3 Å². The van der Waals surface area contributed by atoms with Crippen molar-refractivity contribution < 1.29 is 14.3 Å². The Hall–Kier alpha value is -1.14. The Balaban J connectivity index is 1.90. The lowest BCUT2D eigenvalue weighted by Crippen LogP contribution is -2.57. The van der Waals surface area contributed by atoms with E-state index in [1.54, 1.807) is 0 Å². The monoisotopic (exact) mass is 255 g/mol. The molecule has 102 valence electrons. The number of rotatable bonds is 3. The predicted molar refractivity (Wildman–Crippen MR) is 65.7 cm³/mol. The van der Waals surface area contributed by atoms with E-state index in [-0.39, 0.29) is 24.5 Å². The molecule has 3 unspecified atom stereocenters. The van der Waals surface area contributed by atoms with Crippen LogP contribution in [0.5, 0.6) is 0 Å². The summed E-state index contributed by atoms with van der Waals surface area (Å²) in [5, 5.41) is 3.00. The Morgan fingerprint density at radius 2 is 2.39 bits per heavy atom. The molecule has 2 aliphatic heterocycles. The minimum atomic E-state index is -0.579. The lowest BCUT2D eigenvalue weighted by atomic mass is 9.85. The second-order valence-electron chi connectivity index (χ2n) is 5.11. The molecule has 2 aliphatic rings. The Bertz CT molecular complexity index is 335. The number of likely N-dealkylation sites (tertiary alicyclic amines) is 1. The van der Waals surface area contributed by atoms with E-state index >= 15 is 0 Å². The van der Waals surface area contributed by atoms with Gasteiger partial charge in [0, 0.05) is 32.7 Å². The maximum atomic E-state index is 12.1. The van der Waals surface area contributed by atoms with Crippen molar-refractivity contribution in [1.29, 1.82) is 0 Å². The summed E-state index contributed by atoms with van der Waals surface area (Å²) < 4.78 is 4.91. The zero-order valence-electron chi connectivity index (χ0n) is 10.7. The van der Waals surface area contributed by atoms with Crippen LogP contribution in [0.15, 0.2) is 0 Å². The molecule has 2 fully saturated rings. The predicted octanol–water partition coefficient (Wildman–Crippen LogP) is -0.913. The molecular formula is C12H21N3O3. The van der Waals surface area contributed by atoms with E-state index in [0.717, 1.165) is 12.8 Å². The van der Waals surface area contributed by atoms with Crippen molar-refractivity contribution >= 4 is 11.8 Å². The maximum absolute atomic E-state index is 12.1. The molecule has 3 atom stereocenters. The van der Waals surface area contributed by atoms with Crippen molar-refractivity contribution in [2.45, 2.75) is 31.3 Å². The zero-order chi connectivity index (χ0) is 13.1. The van der Waals surface area contributed by atoms with Gasteiger partial charge < -0.3 is 20.7 Å². The molecule has 2 heterocycles. The first-order valence-corrected chi connectivity index (χ1v) is 6.44. The number of ether oxygens (including phenoxy) is 1. The number of nitrogens with one attached hydrogen (secondary N) is 1. The zero-order valence-corrected chi connectivity index (χ0v) is 10.7. The standard InChI is InChI=1S/C12H21N3O3/c1-18-7-9(13)12(17)15-5-4-10-8(6-15)2-3-11(16)14-10/h8-10H,2-7,13H2,1H3,(H,14,16). The van der Waals surface area contributed by atoms with Crippen LogP contribution in [-0.2, 0) is 14.3 Å². The van der Waals surface area contributed by atoms with Crippen LogP contribution in [-0.4, -0.2) is 55.6 Å². The summed E-state index contributed by atoms with van der Waals surface area (Å²) in [5.74, 6) is 0.453. The Labute approximate surface area is 107 Å². The van der Waals surface area contributed by atoms with E-state index in [9.17, 15) is 9.59 Å². The molecule has 0 aromatic carbocycles. The molecule has 6 nitrogen and oxygen atoms in total. The van der Waals surface area contributed by atoms with Gasteiger partial charge in [-0.3, -0.25) is 9.59 Å². The van der Waals surface area contributed by atoms with Crippen LogP contribution in [0.25, 0.3) is 0 Å². The lowest BCUT2D eigenvalue weighted by Gasteiger charge is -2.42. The highest BCUT2D eigenvalue weighted by Gasteiger charge is 2.36. The molecule has 0 aromatic rings. The Kier molecular flexibility index (Phi) is 4.19. The lowest BCUT2D eigenvalue weighted by molar-refractivity contribution is -0.137. The van der Waals surface area contributed by atoms with Crippen molar-refractivity contribution in [3.8, 4) is 0 Å². The van der Waals surface area contributed by atoms with E-state index < -0.39 is 6.04 Å². The summed E-state index contributed by atoms with van der Waals surface area (Å²) in [5.41, 5.74) is 5.76. The number of carbonyl (C=O) groups excluding carboxylic acids is 2. The van der Waals surface area contributed by atoms with E-state index in [0.29, 0.717) is 25.4 Å². The molecule has 0 saturated carbocycles. The number of hydrogen-bond donors (Lipinski definition) is 2. The average molecular weight is 255 g/mol. The first-order valence-electron chi connectivity index (χ1n) is 6.44. The number of piperidine rings is 2. The van der Waals surface area contributed by atoms with Crippen molar-refractivity contribution in [3.05, 3.63) is 0 Å². The van der Waals surface area contributed by atoms with Crippen LogP contribution < -0.4 is 11.1 Å². The van der Waals surface area contributed by atoms with Crippen molar-refractivity contribution in [1.82, 2.24) is 10.2 Å². The fraction of sp³-hybridized carbons (Fsp3) is 0.833. The summed E-state index contributed by atoms with van der Waals surface area (Å²) in [4.78, 5) is 25.2. The van der Waals surface area contributed by atoms with Gasteiger partial charge >= 0.3 is 0 Å². The van der Waals surface area contributed by atoms with Crippen LogP contribution in [0.4, 0.5) is 0 Å². The number of fused-ring (bicyclic) bond motifs is 1. The van der Waals surface area contributed by atoms with Crippen LogP contribution in [0.3, 0.4) is 0 Å². The summed E-state index contributed by atoms with van der Waals surface area (Å²) in [6, 6.07) is -0.348. The number of nitrogens with two attached hydrogens (primary N) is 1. The van der Waals surface area contributed by atoms with Gasteiger partial charge in [-0.05, 0) is 18.8 Å². The molecule has 2 rings (SSSR count). The first kappa shape index (κ1) is 13.3. The van der Waals surface area contributed by atoms with Gasteiger partial charge in [0.2, 0.25) is 11.8 Å². The molecule has 18 heavy (non-hydrogen) atoms. The van der Waals surface area contributed by atoms with Crippen molar-refractivity contribution in [3.63, 3.8) is 0 Å². The van der Waals surface area contributed by atoms with E-state index in [4.69, 9.17) is 10.5 Å². The molecular weight excluding hydrogens is 234 g/mol. The fourth-order valence-electron chi connectivity index (χ4n) is 2.80. The third kappa shape index (κ3) is 2.81. The van der Waals surface area contributed by atoms with Gasteiger partial charge in [-0.1, -0.05) is 0 Å².